The van der Waals surface area contributed by atoms with E-state index < -0.39 is 78.5 Å². The molecular weight excluding hydrogens is 901 g/mol. The number of phenolic OH excluding ortho intramolecular Hbond substituents is 1. The summed E-state index contributed by atoms with van der Waals surface area (Å²) in [6.07, 6.45) is 3.88. The van der Waals surface area contributed by atoms with E-state index in [2.05, 4.69) is 42.5 Å². The number of phenols is 1. The van der Waals surface area contributed by atoms with E-state index in [1.807, 2.05) is 25.6 Å². The number of nitrogens with two attached hydrogens (primary N) is 1. The van der Waals surface area contributed by atoms with Gasteiger partial charge in [-0.3, -0.25) is 43.6 Å². The number of nitrogens with one attached hydrogen (secondary N) is 9. The topological polar surface area (TPSA) is 328 Å². The summed E-state index contributed by atoms with van der Waals surface area (Å²) in [6, 6.07) is 11.3. The fourth-order valence-electron chi connectivity index (χ4n) is 7.95. The molecule has 2 heterocycles. The summed E-state index contributed by atoms with van der Waals surface area (Å²) in [6.45, 7) is 2.93. The summed E-state index contributed by atoms with van der Waals surface area (Å²) >= 11 is 1.83. The summed E-state index contributed by atoms with van der Waals surface area (Å²) in [5.41, 5.74) is 8.27. The van der Waals surface area contributed by atoms with Gasteiger partial charge in [0.15, 0.2) is 0 Å². The number of hydrogen-bond acceptors (Lipinski definition) is 12. The lowest BCUT2D eigenvalue weighted by molar-refractivity contribution is -0.137. The molecule has 0 saturated carbocycles. The van der Waals surface area contributed by atoms with Crippen molar-refractivity contribution in [3.63, 3.8) is 0 Å². The zero-order valence-electron chi connectivity index (χ0n) is 38.5. The van der Waals surface area contributed by atoms with Gasteiger partial charge < -0.3 is 53.4 Å². The Morgan fingerprint density at radius 1 is 0.721 bits per heavy atom. The summed E-state index contributed by atoms with van der Waals surface area (Å²) in [4.78, 5) is 115. The van der Waals surface area contributed by atoms with Crippen LogP contribution in [0.15, 0.2) is 54.6 Å². The van der Waals surface area contributed by atoms with Gasteiger partial charge in [-0.05, 0) is 67.7 Å². The van der Waals surface area contributed by atoms with Crippen molar-refractivity contribution >= 4 is 65.1 Å². The predicted octanol–water partition coefficient (Wildman–Crippen LogP) is -0.0804. The molecule has 68 heavy (non-hydrogen) atoms. The van der Waals surface area contributed by atoms with Crippen molar-refractivity contribution < 1.29 is 53.5 Å². The molecule has 2 aliphatic heterocycles. The highest BCUT2D eigenvalue weighted by atomic mass is 32.2. The Morgan fingerprint density at radius 3 is 2.06 bits per heavy atom. The highest BCUT2D eigenvalue weighted by Crippen LogP contribution is 2.33. The fraction of sp³-hybridized carbons (Fsp3) is 0.543. The molecule has 22 heteroatoms. The smallest absolute Gasteiger partial charge is 0.315 e. The van der Waals surface area contributed by atoms with Crippen molar-refractivity contribution in [1.29, 1.82) is 0 Å². The van der Waals surface area contributed by atoms with Crippen molar-refractivity contribution in [3.8, 4) is 5.75 Å². The third-order valence-corrected chi connectivity index (χ3v) is 13.0. The van der Waals surface area contributed by atoms with E-state index in [0.29, 0.717) is 42.2 Å². The summed E-state index contributed by atoms with van der Waals surface area (Å²) in [5, 5.41) is 40.7. The summed E-state index contributed by atoms with van der Waals surface area (Å²) in [5.74, 6) is -5.32. The molecular formula is C46H66N10O11S. The highest BCUT2D eigenvalue weighted by Gasteiger charge is 2.42. The zero-order valence-corrected chi connectivity index (χ0v) is 39.3. The third kappa shape index (κ3) is 19.1. The zero-order chi connectivity index (χ0) is 49.6. The summed E-state index contributed by atoms with van der Waals surface area (Å²) < 4.78 is 0. The summed E-state index contributed by atoms with van der Waals surface area (Å²) in [7, 11) is 0. The van der Waals surface area contributed by atoms with Crippen LogP contribution < -0.4 is 53.7 Å². The number of thioether (sulfide) groups is 1. The Kier molecular flexibility index (Phi) is 22.3. The number of rotatable bonds is 29. The minimum atomic E-state index is -1.30. The van der Waals surface area contributed by atoms with Crippen molar-refractivity contribution in [2.75, 3.05) is 25.4 Å². The van der Waals surface area contributed by atoms with Gasteiger partial charge in [0.25, 0.3) is 0 Å². The van der Waals surface area contributed by atoms with Crippen molar-refractivity contribution in [3.05, 3.63) is 65.7 Å². The first-order chi connectivity index (χ1) is 32.5. The standard InChI is InChI=1S/C46H66N10O11S/c1-27(2)20-30(23-38(59)56-67)43(63)52-34(21-28-10-4-3-5-11-28)45(65)53-33(22-29-15-17-31(57)18-16-29)44(64)50-24-39(60)49-25-40(61)51-32(42(47)62)12-8-9-19-48-37(58)14-7-6-13-36-41-35(26-68-36)54-46(66)55-41/h3-5,10-11,15-18,27,30,32-36,41,57,67H,6-9,12-14,19-26H2,1-2H3,(H2,47,62)(H,48,58)(H,49,60)(H,50,64)(H,51,61)(H,52,63)(H,53,65)(H,56,59)(H2,54,55,66)/t30?,32-,33-,34-,35-,36-,41-/m0/s1. The van der Waals surface area contributed by atoms with Gasteiger partial charge in [-0.1, -0.05) is 62.7 Å². The molecule has 0 spiro atoms. The normalized spacial score (nSPS) is 17.8. The van der Waals surface area contributed by atoms with Gasteiger partial charge in [-0.2, -0.15) is 11.8 Å². The third-order valence-electron chi connectivity index (χ3n) is 11.5. The van der Waals surface area contributed by atoms with Crippen LogP contribution in [0, 0.1) is 11.8 Å². The van der Waals surface area contributed by atoms with Gasteiger partial charge in [0.05, 0.1) is 25.2 Å². The molecule has 7 atom stereocenters. The van der Waals surface area contributed by atoms with E-state index in [0.717, 1.165) is 25.0 Å². The quantitative estimate of drug-likeness (QED) is 0.0221. The molecule has 1 unspecified atom stereocenters. The molecule has 0 bridgehead atoms. The Labute approximate surface area is 399 Å². The molecule has 21 nitrogen and oxygen atoms in total. The number of carbonyl (C=O) groups excluding carboxylic acids is 9. The fourth-order valence-corrected chi connectivity index (χ4v) is 9.49. The Hall–Kier alpha value is -6.42. The van der Waals surface area contributed by atoms with Crippen LogP contribution >= 0.6 is 11.8 Å². The van der Waals surface area contributed by atoms with Crippen LogP contribution in [0.3, 0.4) is 0 Å². The minimum Gasteiger partial charge on any atom is -0.508 e. The number of fused-ring (bicyclic) bond motifs is 1. The lowest BCUT2D eigenvalue weighted by Gasteiger charge is -2.25. The lowest BCUT2D eigenvalue weighted by atomic mass is 9.92. The average molecular weight is 967 g/mol. The second-order valence-electron chi connectivity index (χ2n) is 17.5. The molecule has 2 aliphatic rings. The van der Waals surface area contributed by atoms with E-state index in [4.69, 9.17) is 10.9 Å². The second-order valence-corrected chi connectivity index (χ2v) is 18.8. The van der Waals surface area contributed by atoms with E-state index >= 15 is 0 Å². The molecule has 2 saturated heterocycles. The van der Waals surface area contributed by atoms with Crippen LogP contribution in [-0.4, -0.2) is 124 Å². The lowest BCUT2D eigenvalue weighted by Crippen LogP contribution is -2.56. The number of unbranched alkanes of at least 4 members (excludes halogenated alkanes) is 2. The largest absolute Gasteiger partial charge is 0.508 e. The van der Waals surface area contributed by atoms with Crippen LogP contribution in [0.2, 0.25) is 0 Å². The van der Waals surface area contributed by atoms with Gasteiger partial charge in [0.2, 0.25) is 47.3 Å². The van der Waals surface area contributed by atoms with Crippen LogP contribution in [0.25, 0.3) is 0 Å². The first-order valence-electron chi connectivity index (χ1n) is 22.9. The van der Waals surface area contributed by atoms with Crippen LogP contribution in [-0.2, 0) is 51.2 Å². The first kappa shape index (κ1) is 54.2. The Balaban J connectivity index is 1.24. The van der Waals surface area contributed by atoms with Gasteiger partial charge in [-0.25, -0.2) is 10.3 Å². The number of primary amides is 1. The molecule has 13 N–H and O–H groups in total. The van der Waals surface area contributed by atoms with Crippen LogP contribution in [0.4, 0.5) is 4.79 Å². The number of benzene rings is 2. The van der Waals surface area contributed by atoms with Gasteiger partial charge in [-0.15, -0.1) is 0 Å². The maximum atomic E-state index is 14.0. The number of aromatic hydroxyl groups is 1. The molecule has 2 aromatic carbocycles. The Bertz CT molecular complexity index is 2040. The number of urea groups is 1. The number of amides is 10. The van der Waals surface area contributed by atoms with Crippen molar-refractivity contribution in [1.82, 2.24) is 48.0 Å². The maximum Gasteiger partial charge on any atom is 0.315 e. The Morgan fingerprint density at radius 2 is 1.38 bits per heavy atom. The van der Waals surface area contributed by atoms with Crippen LogP contribution in [0.1, 0.15) is 82.8 Å². The SMILES string of the molecule is CC(C)CC(CC(=O)NO)C(=O)N[C@@H](Cc1ccccc1)C(=O)N[C@@H](Cc1ccc(O)cc1)C(=O)NCC(=O)NCC(=O)N[C@@H](CCCCNC(=O)CCCC[C@@H]1SC[C@@H]2NC(=O)N[C@@H]21)C(N)=O. The molecule has 0 radical (unpaired) electrons. The van der Waals surface area contributed by atoms with E-state index in [-0.39, 0.29) is 67.8 Å². The van der Waals surface area contributed by atoms with Crippen molar-refractivity contribution in [2.24, 2.45) is 17.6 Å². The predicted molar refractivity (Wildman–Crippen MR) is 251 cm³/mol. The molecule has 4 rings (SSSR count). The number of hydroxylamine groups is 1. The molecule has 10 amide bonds. The number of carbonyl (C=O) groups is 9. The van der Waals surface area contributed by atoms with Crippen LogP contribution in [0.5, 0.6) is 5.75 Å². The molecule has 2 fully saturated rings. The highest BCUT2D eigenvalue weighted by molar-refractivity contribution is 8.00. The van der Waals surface area contributed by atoms with E-state index in [1.165, 1.54) is 17.6 Å². The van der Waals surface area contributed by atoms with E-state index in [9.17, 15) is 48.3 Å². The molecule has 372 valence electrons. The molecule has 0 aromatic heterocycles. The number of hydrogen-bond donors (Lipinski definition) is 12. The minimum absolute atomic E-state index is 0.0105. The monoisotopic (exact) mass is 966 g/mol. The first-order valence-corrected chi connectivity index (χ1v) is 24.0. The molecule has 2 aromatic rings. The van der Waals surface area contributed by atoms with Crippen molar-refractivity contribution in [2.45, 2.75) is 120 Å². The molecule has 0 aliphatic carbocycles. The van der Waals surface area contributed by atoms with E-state index in [1.54, 1.807) is 42.5 Å². The second kappa shape index (κ2) is 28.0. The van der Waals surface area contributed by atoms with Gasteiger partial charge in [0.1, 0.15) is 23.9 Å². The maximum absolute atomic E-state index is 14.0. The van der Waals surface area contributed by atoms with Gasteiger partial charge in [0, 0.05) is 49.1 Å². The van der Waals surface area contributed by atoms with Gasteiger partial charge >= 0.3 is 6.03 Å². The average Bonchev–Trinajstić information content (AvgIpc) is 3.87.